The van der Waals surface area contributed by atoms with Gasteiger partial charge in [0.25, 0.3) is 5.91 Å². The average molecular weight is 478 g/mol. The quantitative estimate of drug-likeness (QED) is 0.663. The predicted octanol–water partition coefficient (Wildman–Crippen LogP) is 3.82. The zero-order valence-electron chi connectivity index (χ0n) is 19.6. The third-order valence-electron chi connectivity index (χ3n) is 7.16. The predicted molar refractivity (Wildman–Crippen MR) is 133 cm³/mol. The molecule has 178 valence electrons. The lowest BCUT2D eigenvalue weighted by atomic mass is 9.99. The minimum atomic E-state index is -0.699. The summed E-state index contributed by atoms with van der Waals surface area (Å²) in [6.07, 6.45) is 4.60. The Labute approximate surface area is 204 Å². The van der Waals surface area contributed by atoms with Gasteiger partial charge in [-0.2, -0.15) is 0 Å². The summed E-state index contributed by atoms with van der Waals surface area (Å²) in [5, 5.41) is 6.00. The van der Waals surface area contributed by atoms with E-state index in [0.717, 1.165) is 36.8 Å². The fourth-order valence-corrected chi connectivity index (χ4v) is 7.07. The third kappa shape index (κ3) is 4.22. The van der Waals surface area contributed by atoms with Crippen molar-refractivity contribution in [2.75, 3.05) is 0 Å². The molecule has 0 spiro atoms. The fourth-order valence-electron chi connectivity index (χ4n) is 5.49. The van der Waals surface area contributed by atoms with Crippen molar-refractivity contribution in [2.45, 2.75) is 74.2 Å². The van der Waals surface area contributed by atoms with Gasteiger partial charge in [0.05, 0.1) is 0 Å². The van der Waals surface area contributed by atoms with Crippen molar-refractivity contribution in [3.05, 3.63) is 71.3 Å². The van der Waals surface area contributed by atoms with Crippen LogP contribution in [0.25, 0.3) is 0 Å². The third-order valence-corrected chi connectivity index (χ3v) is 8.70. The van der Waals surface area contributed by atoms with Crippen LogP contribution in [0.15, 0.2) is 54.6 Å². The molecule has 3 atom stereocenters. The second-order valence-electron chi connectivity index (χ2n) is 10.0. The fraction of sp³-hybridized carbons (Fsp3) is 0.444. The Hall–Kier alpha value is -2.80. The van der Waals surface area contributed by atoms with Crippen LogP contribution < -0.4 is 10.6 Å². The van der Waals surface area contributed by atoms with Crippen LogP contribution in [0.2, 0.25) is 0 Å². The van der Waals surface area contributed by atoms with Gasteiger partial charge in [0.15, 0.2) is 0 Å². The molecule has 34 heavy (non-hydrogen) atoms. The van der Waals surface area contributed by atoms with Crippen molar-refractivity contribution < 1.29 is 14.4 Å². The van der Waals surface area contributed by atoms with E-state index in [1.165, 1.54) is 0 Å². The maximum atomic E-state index is 13.7. The van der Waals surface area contributed by atoms with E-state index in [4.69, 9.17) is 0 Å². The van der Waals surface area contributed by atoms with Gasteiger partial charge < -0.3 is 15.5 Å². The molecule has 5 rings (SSSR count). The van der Waals surface area contributed by atoms with Crippen LogP contribution in [-0.2, 0) is 16.0 Å². The van der Waals surface area contributed by atoms with Crippen molar-refractivity contribution in [1.82, 2.24) is 15.5 Å². The molecule has 2 fully saturated rings. The highest BCUT2D eigenvalue weighted by Crippen LogP contribution is 2.56. The van der Waals surface area contributed by atoms with E-state index >= 15 is 0 Å². The van der Waals surface area contributed by atoms with Gasteiger partial charge in [-0.05, 0) is 43.9 Å². The number of thioether (sulfide) groups is 1. The maximum absolute atomic E-state index is 13.7. The average Bonchev–Trinajstić information content (AvgIpc) is 3.49. The van der Waals surface area contributed by atoms with Crippen molar-refractivity contribution in [3.63, 3.8) is 0 Å². The molecule has 2 heterocycles. The van der Waals surface area contributed by atoms with E-state index < -0.39 is 16.8 Å². The van der Waals surface area contributed by atoms with Crippen LogP contribution in [0.3, 0.4) is 0 Å². The van der Waals surface area contributed by atoms with Gasteiger partial charge in [0, 0.05) is 22.8 Å². The van der Waals surface area contributed by atoms with Crippen LogP contribution >= 0.6 is 11.8 Å². The summed E-state index contributed by atoms with van der Waals surface area (Å²) in [5.74, 6) is -0.544. The van der Waals surface area contributed by atoms with E-state index in [0.29, 0.717) is 12.0 Å². The summed E-state index contributed by atoms with van der Waals surface area (Å²) in [7, 11) is 0. The molecular weight excluding hydrogens is 446 g/mol. The van der Waals surface area contributed by atoms with Crippen LogP contribution in [0.5, 0.6) is 0 Å². The van der Waals surface area contributed by atoms with E-state index in [-0.39, 0.29) is 29.1 Å². The van der Waals surface area contributed by atoms with Crippen molar-refractivity contribution in [1.29, 1.82) is 0 Å². The maximum Gasteiger partial charge on any atom is 0.256 e. The van der Waals surface area contributed by atoms with Gasteiger partial charge in [0.2, 0.25) is 11.8 Å². The topological polar surface area (TPSA) is 78.5 Å². The first kappa shape index (κ1) is 23.0. The molecule has 2 N–H and O–H groups in total. The number of fused-ring (bicyclic) bond motifs is 3. The number of nitrogens with one attached hydrogen (secondary N) is 2. The minimum Gasteiger partial charge on any atom is -0.352 e. The zero-order chi connectivity index (χ0) is 23.9. The molecule has 7 heteroatoms. The molecule has 3 amide bonds. The molecule has 6 nitrogen and oxygen atoms in total. The summed E-state index contributed by atoms with van der Waals surface area (Å²) in [6.45, 7) is 4.00. The number of carbonyl (C=O) groups excluding carboxylic acids is 3. The van der Waals surface area contributed by atoms with Gasteiger partial charge >= 0.3 is 0 Å². The van der Waals surface area contributed by atoms with Crippen LogP contribution in [0.4, 0.5) is 0 Å². The number of hydrogen-bond donors (Lipinski definition) is 2. The summed E-state index contributed by atoms with van der Waals surface area (Å²) in [5.41, 5.74) is 2.60. The lowest BCUT2D eigenvalue weighted by molar-refractivity contribution is -0.132. The Morgan fingerprint density at radius 3 is 2.47 bits per heavy atom. The molecule has 1 saturated heterocycles. The Morgan fingerprint density at radius 2 is 1.74 bits per heavy atom. The summed E-state index contributed by atoms with van der Waals surface area (Å²) >= 11 is 1.63. The van der Waals surface area contributed by atoms with Crippen molar-refractivity contribution in [3.8, 4) is 0 Å². The highest BCUT2D eigenvalue weighted by atomic mass is 32.2. The van der Waals surface area contributed by atoms with E-state index in [1.807, 2.05) is 68.4 Å². The first-order chi connectivity index (χ1) is 16.3. The Balaban J connectivity index is 1.38. The second kappa shape index (κ2) is 9.10. The van der Waals surface area contributed by atoms with Crippen LogP contribution in [0.1, 0.15) is 66.4 Å². The van der Waals surface area contributed by atoms with Crippen molar-refractivity contribution in [2.24, 2.45) is 0 Å². The summed E-state index contributed by atoms with van der Waals surface area (Å²) in [4.78, 5) is 42.0. The number of carbonyl (C=O) groups is 3. The summed E-state index contributed by atoms with van der Waals surface area (Å²) < 4.78 is -0.489. The SMILES string of the molecule is CC1(C)SC2c3ccccc3C(=O)N2[C@@H]1C(=O)N[C@@H](Cc1ccccc1)C(=O)NC1CCCC1. The van der Waals surface area contributed by atoms with Crippen LogP contribution in [-0.4, -0.2) is 45.5 Å². The van der Waals surface area contributed by atoms with Gasteiger partial charge in [-0.25, -0.2) is 0 Å². The number of benzene rings is 2. The van der Waals surface area contributed by atoms with Gasteiger partial charge in [0.1, 0.15) is 17.5 Å². The van der Waals surface area contributed by atoms with Gasteiger partial charge in [-0.3, -0.25) is 14.4 Å². The molecule has 3 aliphatic rings. The summed E-state index contributed by atoms with van der Waals surface area (Å²) in [6, 6.07) is 16.1. The normalized spacial score (nSPS) is 23.9. The number of nitrogens with zero attached hydrogens (tertiary/aromatic N) is 1. The standard InChI is InChI=1S/C27H31N3O3S/c1-27(2)22(30-25(33)19-14-8-9-15-20(19)26(30)34-27)24(32)29-21(16-17-10-4-3-5-11-17)23(31)28-18-12-6-7-13-18/h3-5,8-11,14-15,18,21-22,26H,6-7,12-13,16H2,1-2H3,(H,28,31)(H,29,32)/t21-,22+,26?/m0/s1. The highest BCUT2D eigenvalue weighted by molar-refractivity contribution is 8.01. The Kier molecular flexibility index (Phi) is 6.15. The molecule has 0 radical (unpaired) electrons. The van der Waals surface area contributed by atoms with Gasteiger partial charge in [-0.15, -0.1) is 11.8 Å². The minimum absolute atomic E-state index is 0.117. The first-order valence-corrected chi connectivity index (χ1v) is 13.0. The smallest absolute Gasteiger partial charge is 0.256 e. The monoisotopic (exact) mass is 477 g/mol. The van der Waals surface area contributed by atoms with Gasteiger partial charge in [-0.1, -0.05) is 61.4 Å². The molecule has 2 aliphatic heterocycles. The lowest BCUT2D eigenvalue weighted by Gasteiger charge is -2.31. The molecule has 2 aromatic carbocycles. The van der Waals surface area contributed by atoms with E-state index in [9.17, 15) is 14.4 Å². The number of amides is 3. The molecule has 2 aromatic rings. The molecule has 1 unspecified atom stereocenters. The Morgan fingerprint density at radius 1 is 1.06 bits per heavy atom. The number of rotatable bonds is 6. The van der Waals surface area contributed by atoms with Crippen molar-refractivity contribution >= 4 is 29.5 Å². The molecule has 0 aromatic heterocycles. The largest absolute Gasteiger partial charge is 0.352 e. The number of hydrogen-bond acceptors (Lipinski definition) is 4. The van der Waals surface area contributed by atoms with Crippen LogP contribution in [0, 0.1) is 0 Å². The lowest BCUT2D eigenvalue weighted by Crippen LogP contribution is -2.58. The second-order valence-corrected chi connectivity index (χ2v) is 11.8. The van der Waals surface area contributed by atoms with E-state index in [1.54, 1.807) is 16.7 Å². The Bertz CT molecular complexity index is 1100. The molecule has 0 bridgehead atoms. The highest BCUT2D eigenvalue weighted by Gasteiger charge is 2.57. The van der Waals surface area contributed by atoms with E-state index in [2.05, 4.69) is 10.6 Å². The zero-order valence-corrected chi connectivity index (χ0v) is 20.4. The molecular formula is C27H31N3O3S. The molecule has 1 aliphatic carbocycles. The first-order valence-electron chi connectivity index (χ1n) is 12.1. The molecule has 1 saturated carbocycles.